The lowest BCUT2D eigenvalue weighted by atomic mass is 9.91. The van der Waals surface area contributed by atoms with Gasteiger partial charge in [-0.3, -0.25) is 4.79 Å². The van der Waals surface area contributed by atoms with E-state index in [1.54, 1.807) is 18.2 Å². The third-order valence-corrected chi connectivity index (χ3v) is 6.21. The molecule has 1 unspecified atom stereocenters. The molecule has 2 aromatic carbocycles. The number of hydrogen-bond acceptors (Lipinski definition) is 5. The summed E-state index contributed by atoms with van der Waals surface area (Å²) < 4.78 is 5.44. The molecule has 0 aliphatic carbocycles. The maximum absolute atomic E-state index is 12.7. The predicted octanol–water partition coefficient (Wildman–Crippen LogP) is 6.44. The molecule has 0 radical (unpaired) electrons. The molecule has 0 saturated heterocycles. The Bertz CT molecular complexity index is 1040. The van der Waals surface area contributed by atoms with E-state index < -0.39 is 5.63 Å². The highest BCUT2D eigenvalue weighted by atomic mass is 32.2. The highest BCUT2D eigenvalue weighted by molar-refractivity contribution is 7.99. The van der Waals surface area contributed by atoms with Gasteiger partial charge in [0.05, 0.1) is 5.39 Å². The molecule has 3 aromatic rings. The molecule has 1 N–H and O–H groups in total. The lowest BCUT2D eigenvalue weighted by Crippen LogP contribution is -2.09. The van der Waals surface area contributed by atoms with Gasteiger partial charge in [-0.25, -0.2) is 4.79 Å². The van der Waals surface area contributed by atoms with Crippen molar-refractivity contribution in [2.45, 2.75) is 55.7 Å². The average Bonchev–Trinajstić information content (AvgIpc) is 2.74. The molecule has 152 valence electrons. The fourth-order valence-electron chi connectivity index (χ4n) is 3.36. The van der Waals surface area contributed by atoms with Crippen LogP contribution < -0.4 is 5.63 Å². The summed E-state index contributed by atoms with van der Waals surface area (Å²) in [6.45, 7) is 4.26. The molecule has 1 aromatic heterocycles. The van der Waals surface area contributed by atoms with Crippen molar-refractivity contribution >= 4 is 28.5 Å². The van der Waals surface area contributed by atoms with E-state index in [0.717, 1.165) is 42.3 Å². The Hall–Kier alpha value is -2.53. The lowest BCUT2D eigenvalue weighted by molar-refractivity contribution is 0.0957. The molecule has 1 atom stereocenters. The minimum atomic E-state index is -0.608. The Morgan fingerprint density at radius 3 is 2.59 bits per heavy atom. The standard InChI is InChI=1S/C24H26O4S/c1-3-5-9-16(4-2)14-20(25)17-12-13-19-21(15-17)28-24(27)23(22(19)26)29-18-10-7-6-8-11-18/h6-8,10-13,15-16,26H,3-5,9,14H2,1-2H3. The molecular formula is C24H26O4S. The number of hydrogen-bond donors (Lipinski definition) is 1. The molecule has 0 bridgehead atoms. The van der Waals surface area contributed by atoms with E-state index in [1.165, 1.54) is 0 Å². The number of aromatic hydroxyl groups is 1. The minimum Gasteiger partial charge on any atom is -0.506 e. The van der Waals surface area contributed by atoms with E-state index in [2.05, 4.69) is 13.8 Å². The normalized spacial score (nSPS) is 12.2. The Morgan fingerprint density at radius 1 is 1.14 bits per heavy atom. The molecule has 0 fully saturated rings. The van der Waals surface area contributed by atoms with E-state index in [0.29, 0.717) is 23.3 Å². The Kier molecular flexibility index (Phi) is 7.15. The second-order valence-electron chi connectivity index (χ2n) is 7.24. The van der Waals surface area contributed by atoms with Crippen molar-refractivity contribution in [2.24, 2.45) is 5.92 Å². The van der Waals surface area contributed by atoms with Crippen LogP contribution in [0.5, 0.6) is 5.75 Å². The van der Waals surface area contributed by atoms with E-state index in [1.807, 2.05) is 30.3 Å². The summed E-state index contributed by atoms with van der Waals surface area (Å²) in [5.41, 5.74) is 0.138. The Balaban J connectivity index is 1.88. The summed E-state index contributed by atoms with van der Waals surface area (Å²) in [6, 6.07) is 14.3. The first-order valence-electron chi connectivity index (χ1n) is 10.1. The summed E-state index contributed by atoms with van der Waals surface area (Å²) in [5, 5.41) is 11.1. The van der Waals surface area contributed by atoms with Crippen molar-refractivity contribution in [3.63, 3.8) is 0 Å². The maximum atomic E-state index is 12.7. The highest BCUT2D eigenvalue weighted by Gasteiger charge is 2.18. The molecule has 0 amide bonds. The molecule has 0 spiro atoms. The van der Waals surface area contributed by atoms with Gasteiger partial charge in [0.25, 0.3) is 0 Å². The van der Waals surface area contributed by atoms with Gasteiger partial charge in [-0.15, -0.1) is 0 Å². The van der Waals surface area contributed by atoms with E-state index in [9.17, 15) is 14.7 Å². The van der Waals surface area contributed by atoms with Gasteiger partial charge in [0, 0.05) is 16.9 Å². The second-order valence-corrected chi connectivity index (χ2v) is 8.32. The maximum Gasteiger partial charge on any atom is 0.354 e. The van der Waals surface area contributed by atoms with Gasteiger partial charge in [-0.1, -0.05) is 75.6 Å². The number of rotatable bonds is 9. The fourth-order valence-corrected chi connectivity index (χ4v) is 4.22. The first-order valence-corrected chi connectivity index (χ1v) is 10.9. The smallest absolute Gasteiger partial charge is 0.354 e. The monoisotopic (exact) mass is 410 g/mol. The summed E-state index contributed by atoms with van der Waals surface area (Å²) in [7, 11) is 0. The number of fused-ring (bicyclic) bond motifs is 1. The zero-order valence-corrected chi connectivity index (χ0v) is 17.6. The van der Waals surface area contributed by atoms with Crippen molar-refractivity contribution in [2.75, 3.05) is 0 Å². The summed E-state index contributed by atoms with van der Waals surface area (Å²) in [4.78, 5) is 26.1. The van der Waals surface area contributed by atoms with E-state index >= 15 is 0 Å². The van der Waals surface area contributed by atoms with Gasteiger partial charge in [0.1, 0.15) is 16.2 Å². The predicted molar refractivity (Wildman–Crippen MR) is 117 cm³/mol. The summed E-state index contributed by atoms with van der Waals surface area (Å²) >= 11 is 1.16. The second kappa shape index (κ2) is 9.79. The molecular weight excluding hydrogens is 384 g/mol. The van der Waals surface area contributed by atoms with Crippen molar-refractivity contribution in [3.8, 4) is 5.75 Å². The van der Waals surface area contributed by atoms with Crippen molar-refractivity contribution in [3.05, 3.63) is 64.5 Å². The summed E-state index contributed by atoms with van der Waals surface area (Å²) in [5.74, 6) is 0.293. The van der Waals surface area contributed by atoms with Crippen molar-refractivity contribution < 1.29 is 14.3 Å². The van der Waals surface area contributed by atoms with Gasteiger partial charge < -0.3 is 9.52 Å². The van der Waals surface area contributed by atoms with Crippen LogP contribution in [0.25, 0.3) is 11.0 Å². The molecule has 4 nitrogen and oxygen atoms in total. The van der Waals surface area contributed by atoms with Gasteiger partial charge >= 0.3 is 5.63 Å². The van der Waals surface area contributed by atoms with E-state index in [4.69, 9.17) is 4.42 Å². The van der Waals surface area contributed by atoms with Crippen molar-refractivity contribution in [1.29, 1.82) is 0 Å². The molecule has 3 rings (SSSR count). The van der Waals surface area contributed by atoms with Crippen LogP contribution in [0.3, 0.4) is 0 Å². The van der Waals surface area contributed by atoms with Crippen LogP contribution in [0.1, 0.15) is 56.3 Å². The Labute approximate surface area is 174 Å². The average molecular weight is 411 g/mol. The van der Waals surface area contributed by atoms with Crippen LogP contribution in [-0.2, 0) is 0 Å². The number of ketones is 1. The minimum absolute atomic E-state index is 0.0414. The molecule has 0 aliphatic heterocycles. The SMILES string of the molecule is CCCCC(CC)CC(=O)c1ccc2c(O)c(Sc3ccccc3)c(=O)oc2c1. The third-order valence-electron chi connectivity index (χ3n) is 5.14. The third kappa shape index (κ3) is 5.10. The molecule has 0 aliphatic rings. The van der Waals surface area contributed by atoms with Gasteiger partial charge in [-0.05, 0) is 30.2 Å². The first-order chi connectivity index (χ1) is 14.0. The first kappa shape index (κ1) is 21.2. The lowest BCUT2D eigenvalue weighted by Gasteiger charge is -2.13. The van der Waals surface area contributed by atoms with Crippen LogP contribution >= 0.6 is 11.8 Å². The van der Waals surface area contributed by atoms with Crippen molar-refractivity contribution in [1.82, 2.24) is 0 Å². The van der Waals surface area contributed by atoms with Crippen LogP contribution in [0.2, 0.25) is 0 Å². The van der Waals surface area contributed by atoms with Crippen LogP contribution in [0, 0.1) is 5.92 Å². The Morgan fingerprint density at radius 2 is 1.90 bits per heavy atom. The van der Waals surface area contributed by atoms with Gasteiger partial charge in [0.15, 0.2) is 5.78 Å². The fraction of sp³-hybridized carbons (Fsp3) is 0.333. The largest absolute Gasteiger partial charge is 0.506 e. The van der Waals surface area contributed by atoms with Crippen LogP contribution in [-0.4, -0.2) is 10.9 Å². The number of carbonyl (C=O) groups is 1. The highest BCUT2D eigenvalue weighted by Crippen LogP contribution is 2.36. The molecule has 0 saturated carbocycles. The number of carbonyl (C=O) groups excluding carboxylic acids is 1. The van der Waals surface area contributed by atoms with Crippen LogP contribution in [0.15, 0.2) is 67.5 Å². The topological polar surface area (TPSA) is 67.5 Å². The molecule has 29 heavy (non-hydrogen) atoms. The number of unbranched alkanes of at least 4 members (excludes halogenated alkanes) is 1. The van der Waals surface area contributed by atoms with Crippen LogP contribution in [0.4, 0.5) is 0 Å². The van der Waals surface area contributed by atoms with E-state index in [-0.39, 0.29) is 22.0 Å². The van der Waals surface area contributed by atoms with Gasteiger partial charge in [-0.2, -0.15) is 0 Å². The number of benzene rings is 2. The number of Topliss-reactive ketones (excluding diaryl/α,β-unsaturated/α-hetero) is 1. The zero-order chi connectivity index (χ0) is 20.8. The molecule has 5 heteroatoms. The zero-order valence-electron chi connectivity index (χ0n) is 16.8. The quantitative estimate of drug-likeness (QED) is 0.325. The summed E-state index contributed by atoms with van der Waals surface area (Å²) in [6.07, 6.45) is 4.74. The molecule has 1 heterocycles. The van der Waals surface area contributed by atoms with Gasteiger partial charge in [0.2, 0.25) is 0 Å².